The van der Waals surface area contributed by atoms with Crippen LogP contribution in [0.25, 0.3) is 0 Å². The SMILES string of the molecule is O=C(NCC(O)Cc1ccccc1)c1ccc(N2CCC3(CC2)COc2ccccc23)nn1. The minimum atomic E-state index is -0.658. The quantitative estimate of drug-likeness (QED) is 0.608. The molecule has 3 heterocycles. The summed E-state index contributed by atoms with van der Waals surface area (Å²) in [5.74, 6) is 1.45. The number of fused-ring (bicyclic) bond motifs is 2. The number of hydrogen-bond donors (Lipinski definition) is 2. The van der Waals surface area contributed by atoms with Crippen molar-refractivity contribution in [2.24, 2.45) is 0 Å². The van der Waals surface area contributed by atoms with E-state index >= 15 is 0 Å². The Morgan fingerprint density at radius 3 is 2.55 bits per heavy atom. The number of hydrogen-bond acceptors (Lipinski definition) is 6. The lowest BCUT2D eigenvalue weighted by molar-refractivity contribution is 0.0910. The number of rotatable bonds is 6. The maximum atomic E-state index is 12.4. The van der Waals surface area contributed by atoms with Crippen molar-refractivity contribution in [1.29, 1.82) is 0 Å². The van der Waals surface area contributed by atoms with E-state index in [1.54, 1.807) is 6.07 Å². The van der Waals surface area contributed by atoms with Crippen LogP contribution < -0.4 is 15.0 Å². The molecule has 2 aliphatic heterocycles. The molecule has 3 aromatic rings. The van der Waals surface area contributed by atoms with E-state index in [1.807, 2.05) is 48.5 Å². The van der Waals surface area contributed by atoms with E-state index in [9.17, 15) is 9.90 Å². The minimum absolute atomic E-state index is 0.0843. The topological polar surface area (TPSA) is 87.6 Å². The zero-order valence-corrected chi connectivity index (χ0v) is 18.5. The summed E-state index contributed by atoms with van der Waals surface area (Å²) >= 11 is 0. The highest BCUT2D eigenvalue weighted by Gasteiger charge is 2.43. The van der Waals surface area contributed by atoms with Gasteiger partial charge in [0.25, 0.3) is 5.91 Å². The second-order valence-electron chi connectivity index (χ2n) is 8.88. The molecule has 2 aromatic carbocycles. The van der Waals surface area contributed by atoms with Crippen molar-refractivity contribution >= 4 is 11.7 Å². The molecule has 1 spiro atoms. The van der Waals surface area contributed by atoms with Crippen LogP contribution in [0.15, 0.2) is 66.7 Å². The Bertz CT molecular complexity index is 1100. The first-order valence-electron chi connectivity index (χ1n) is 11.4. The van der Waals surface area contributed by atoms with Crippen molar-refractivity contribution in [2.45, 2.75) is 30.8 Å². The summed E-state index contributed by atoms with van der Waals surface area (Å²) in [5, 5.41) is 21.4. The molecule has 1 amide bonds. The first-order chi connectivity index (χ1) is 16.1. The van der Waals surface area contributed by atoms with Crippen molar-refractivity contribution in [1.82, 2.24) is 15.5 Å². The van der Waals surface area contributed by atoms with Crippen molar-refractivity contribution < 1.29 is 14.6 Å². The standard InChI is InChI=1S/C26H28N4O3/c31-20(16-19-6-2-1-3-7-19)17-27-25(32)22-10-11-24(29-28-22)30-14-12-26(13-15-30)18-33-23-9-5-4-8-21(23)26/h1-11,20,31H,12-18H2,(H,27,32). The van der Waals surface area contributed by atoms with Gasteiger partial charge in [0.05, 0.1) is 12.7 Å². The van der Waals surface area contributed by atoms with Crippen LogP contribution in [0.1, 0.15) is 34.5 Å². The second kappa shape index (κ2) is 9.19. The molecule has 2 N–H and O–H groups in total. The van der Waals surface area contributed by atoms with E-state index in [-0.39, 0.29) is 23.6 Å². The number of amides is 1. The third kappa shape index (κ3) is 4.54. The largest absolute Gasteiger partial charge is 0.492 e. The summed E-state index contributed by atoms with van der Waals surface area (Å²) < 4.78 is 5.94. The van der Waals surface area contributed by atoms with Gasteiger partial charge in [-0.15, -0.1) is 10.2 Å². The molecule has 0 bridgehead atoms. The highest BCUT2D eigenvalue weighted by atomic mass is 16.5. The number of carbonyl (C=O) groups excluding carboxylic acids is 1. The van der Waals surface area contributed by atoms with Crippen LogP contribution in [0.4, 0.5) is 5.82 Å². The van der Waals surface area contributed by atoms with Crippen molar-refractivity contribution in [3.05, 3.63) is 83.6 Å². The van der Waals surface area contributed by atoms with Gasteiger partial charge in [0, 0.05) is 37.0 Å². The lowest BCUT2D eigenvalue weighted by Gasteiger charge is -2.38. The fourth-order valence-electron chi connectivity index (χ4n) is 4.78. The highest BCUT2D eigenvalue weighted by Crippen LogP contribution is 2.45. The van der Waals surface area contributed by atoms with Gasteiger partial charge in [-0.05, 0) is 36.6 Å². The number of benzene rings is 2. The average molecular weight is 445 g/mol. The van der Waals surface area contributed by atoms with E-state index in [4.69, 9.17) is 4.74 Å². The number of aliphatic hydroxyl groups excluding tert-OH is 1. The lowest BCUT2D eigenvalue weighted by atomic mass is 9.74. The van der Waals surface area contributed by atoms with Gasteiger partial charge in [-0.25, -0.2) is 0 Å². The molecule has 7 nitrogen and oxygen atoms in total. The molecule has 2 aliphatic rings. The fourth-order valence-corrected chi connectivity index (χ4v) is 4.78. The third-order valence-corrected chi connectivity index (χ3v) is 6.70. The van der Waals surface area contributed by atoms with Crippen LogP contribution in [0.5, 0.6) is 5.75 Å². The Labute approximate surface area is 193 Å². The zero-order valence-electron chi connectivity index (χ0n) is 18.5. The Kier molecular flexibility index (Phi) is 5.96. The summed E-state index contributed by atoms with van der Waals surface area (Å²) in [6.45, 7) is 2.63. The molecule has 5 rings (SSSR count). The molecule has 1 fully saturated rings. The Morgan fingerprint density at radius 1 is 1.03 bits per heavy atom. The number of carbonyl (C=O) groups is 1. The summed E-state index contributed by atoms with van der Waals surface area (Å²) in [6.07, 6.45) is 1.81. The molecule has 7 heteroatoms. The summed E-state index contributed by atoms with van der Waals surface area (Å²) in [4.78, 5) is 14.6. The molecule has 1 unspecified atom stereocenters. The van der Waals surface area contributed by atoms with Crippen molar-refractivity contribution in [3.8, 4) is 5.75 Å². The molecule has 1 saturated heterocycles. The molecule has 170 valence electrons. The Balaban J connectivity index is 1.14. The molecule has 1 atom stereocenters. The fraction of sp³-hybridized carbons (Fsp3) is 0.346. The molecule has 0 aliphatic carbocycles. The van der Waals surface area contributed by atoms with Crippen LogP contribution in [0.2, 0.25) is 0 Å². The number of piperidine rings is 1. The summed E-state index contributed by atoms with van der Waals surface area (Å²) in [6, 6.07) is 21.6. The van der Waals surface area contributed by atoms with Crippen LogP contribution in [0, 0.1) is 0 Å². The van der Waals surface area contributed by atoms with E-state index in [2.05, 4.69) is 32.5 Å². The van der Waals surface area contributed by atoms with Gasteiger partial charge in [0.1, 0.15) is 5.75 Å². The molecule has 0 radical (unpaired) electrons. The van der Waals surface area contributed by atoms with Crippen LogP contribution in [0.3, 0.4) is 0 Å². The second-order valence-corrected chi connectivity index (χ2v) is 8.88. The number of aliphatic hydroxyl groups is 1. The van der Waals surface area contributed by atoms with Crippen LogP contribution in [-0.2, 0) is 11.8 Å². The van der Waals surface area contributed by atoms with Crippen molar-refractivity contribution in [3.63, 3.8) is 0 Å². The predicted octanol–water partition coefficient (Wildman–Crippen LogP) is 2.74. The molecular weight excluding hydrogens is 416 g/mol. The van der Waals surface area contributed by atoms with Gasteiger partial charge >= 0.3 is 0 Å². The Morgan fingerprint density at radius 2 is 1.79 bits per heavy atom. The van der Waals surface area contributed by atoms with Crippen molar-refractivity contribution in [2.75, 3.05) is 31.1 Å². The first-order valence-corrected chi connectivity index (χ1v) is 11.4. The van der Waals surface area contributed by atoms with Gasteiger partial charge < -0.3 is 20.1 Å². The number of aromatic nitrogens is 2. The predicted molar refractivity (Wildman–Crippen MR) is 126 cm³/mol. The van der Waals surface area contributed by atoms with Gasteiger partial charge in [-0.2, -0.15) is 0 Å². The zero-order chi connectivity index (χ0) is 22.7. The number of nitrogens with zero attached hydrogens (tertiary/aromatic N) is 3. The minimum Gasteiger partial charge on any atom is -0.492 e. The van der Waals surface area contributed by atoms with E-state index < -0.39 is 6.10 Å². The normalized spacial score (nSPS) is 17.3. The van der Waals surface area contributed by atoms with Crippen LogP contribution >= 0.6 is 0 Å². The van der Waals surface area contributed by atoms with E-state index in [0.717, 1.165) is 49.7 Å². The summed E-state index contributed by atoms with van der Waals surface area (Å²) in [5.41, 5.74) is 2.68. The van der Waals surface area contributed by atoms with Gasteiger partial charge in [0.15, 0.2) is 11.5 Å². The molecule has 33 heavy (non-hydrogen) atoms. The third-order valence-electron chi connectivity index (χ3n) is 6.70. The van der Waals surface area contributed by atoms with Gasteiger partial charge in [0.2, 0.25) is 0 Å². The maximum Gasteiger partial charge on any atom is 0.271 e. The highest BCUT2D eigenvalue weighted by molar-refractivity contribution is 5.92. The van der Waals surface area contributed by atoms with Gasteiger partial charge in [-0.1, -0.05) is 48.5 Å². The molecule has 0 saturated carbocycles. The summed E-state index contributed by atoms with van der Waals surface area (Å²) in [7, 11) is 0. The maximum absolute atomic E-state index is 12.4. The number of ether oxygens (including phenoxy) is 1. The molecule has 1 aromatic heterocycles. The van der Waals surface area contributed by atoms with Crippen LogP contribution in [-0.4, -0.2) is 53.6 Å². The lowest BCUT2D eigenvalue weighted by Crippen LogP contribution is -2.44. The first kappa shape index (κ1) is 21.4. The average Bonchev–Trinajstić information content (AvgIpc) is 3.22. The number of para-hydroxylation sites is 1. The number of anilines is 1. The van der Waals surface area contributed by atoms with E-state index in [0.29, 0.717) is 6.42 Å². The molecular formula is C26H28N4O3. The monoisotopic (exact) mass is 444 g/mol. The van der Waals surface area contributed by atoms with Gasteiger partial charge in [-0.3, -0.25) is 4.79 Å². The smallest absolute Gasteiger partial charge is 0.271 e. The Hall–Kier alpha value is -3.45. The van der Waals surface area contributed by atoms with E-state index in [1.165, 1.54) is 5.56 Å². The number of nitrogens with one attached hydrogen (secondary N) is 1.